The standard InChI is InChI=1S/C16H20N4O4/c1-11-5-4-8-16(2,3)13(11)10-17-18-14-7-6-12(19(21)22)9-15(14)20(23)24/h5-7,9-10,13,18H,4,8H2,1-3H3. The van der Waals surface area contributed by atoms with Gasteiger partial charge in [-0.2, -0.15) is 5.10 Å². The van der Waals surface area contributed by atoms with Crippen LogP contribution < -0.4 is 5.43 Å². The fourth-order valence-corrected chi connectivity index (χ4v) is 2.95. The predicted molar refractivity (Wildman–Crippen MR) is 92.1 cm³/mol. The van der Waals surface area contributed by atoms with E-state index in [9.17, 15) is 20.2 Å². The van der Waals surface area contributed by atoms with Crippen molar-refractivity contribution in [3.05, 3.63) is 50.1 Å². The Balaban J connectivity index is 2.22. The molecule has 0 aliphatic heterocycles. The second-order valence-corrected chi connectivity index (χ2v) is 6.56. The van der Waals surface area contributed by atoms with Gasteiger partial charge in [0.15, 0.2) is 0 Å². The summed E-state index contributed by atoms with van der Waals surface area (Å²) in [6.45, 7) is 6.37. The van der Waals surface area contributed by atoms with Crippen molar-refractivity contribution in [1.82, 2.24) is 0 Å². The van der Waals surface area contributed by atoms with Crippen molar-refractivity contribution in [2.24, 2.45) is 16.4 Å². The van der Waals surface area contributed by atoms with Gasteiger partial charge in [0.05, 0.1) is 15.9 Å². The van der Waals surface area contributed by atoms with Gasteiger partial charge >= 0.3 is 5.69 Å². The molecule has 0 amide bonds. The Bertz CT molecular complexity index is 725. The summed E-state index contributed by atoms with van der Waals surface area (Å²) in [5, 5.41) is 26.0. The van der Waals surface area contributed by atoms with Crippen LogP contribution in [0.2, 0.25) is 0 Å². The van der Waals surface area contributed by atoms with E-state index < -0.39 is 9.85 Å². The van der Waals surface area contributed by atoms with Crippen molar-refractivity contribution in [2.45, 2.75) is 33.6 Å². The van der Waals surface area contributed by atoms with Crippen LogP contribution in [-0.4, -0.2) is 16.1 Å². The van der Waals surface area contributed by atoms with Gasteiger partial charge in [0.25, 0.3) is 5.69 Å². The molecule has 0 saturated heterocycles. The molecular weight excluding hydrogens is 312 g/mol. The van der Waals surface area contributed by atoms with Crippen molar-refractivity contribution in [2.75, 3.05) is 5.43 Å². The van der Waals surface area contributed by atoms with Gasteiger partial charge in [0.2, 0.25) is 0 Å². The molecule has 1 aromatic carbocycles. The minimum Gasteiger partial charge on any atom is -0.272 e. The van der Waals surface area contributed by atoms with Crippen LogP contribution in [-0.2, 0) is 0 Å². The summed E-state index contributed by atoms with van der Waals surface area (Å²) in [5.41, 5.74) is 3.34. The number of rotatable bonds is 5. The smallest absolute Gasteiger partial charge is 0.272 e. The lowest BCUT2D eigenvalue weighted by Crippen LogP contribution is -2.29. The third-order valence-corrected chi connectivity index (χ3v) is 4.38. The number of nitro groups is 2. The van der Waals surface area contributed by atoms with Crippen LogP contribution in [0, 0.1) is 31.6 Å². The summed E-state index contributed by atoms with van der Waals surface area (Å²) in [4.78, 5) is 20.5. The molecule has 0 fully saturated rings. The van der Waals surface area contributed by atoms with E-state index in [0.717, 1.165) is 18.9 Å². The summed E-state index contributed by atoms with van der Waals surface area (Å²) in [7, 11) is 0. The van der Waals surface area contributed by atoms with Crippen LogP contribution in [0.3, 0.4) is 0 Å². The summed E-state index contributed by atoms with van der Waals surface area (Å²) in [6, 6.07) is 3.43. The first-order valence-corrected chi connectivity index (χ1v) is 7.61. The van der Waals surface area contributed by atoms with E-state index in [2.05, 4.69) is 30.5 Å². The monoisotopic (exact) mass is 332 g/mol. The zero-order chi connectivity index (χ0) is 17.9. The highest BCUT2D eigenvalue weighted by Crippen LogP contribution is 2.39. The zero-order valence-corrected chi connectivity index (χ0v) is 13.9. The number of nitro benzene ring substituents is 2. The number of hydrogen-bond donors (Lipinski definition) is 1. The van der Waals surface area contributed by atoms with Crippen LogP contribution in [0.25, 0.3) is 0 Å². The van der Waals surface area contributed by atoms with Crippen LogP contribution >= 0.6 is 0 Å². The Labute approximate surface area is 139 Å². The van der Waals surface area contributed by atoms with E-state index in [1.165, 1.54) is 17.7 Å². The molecule has 1 aliphatic carbocycles. The first-order chi connectivity index (χ1) is 11.2. The molecule has 1 aromatic rings. The maximum Gasteiger partial charge on any atom is 0.301 e. The van der Waals surface area contributed by atoms with Gasteiger partial charge in [-0.25, -0.2) is 0 Å². The number of nitrogens with zero attached hydrogens (tertiary/aromatic N) is 3. The highest BCUT2D eigenvalue weighted by molar-refractivity contribution is 5.70. The van der Waals surface area contributed by atoms with Crippen LogP contribution in [0.5, 0.6) is 0 Å². The largest absolute Gasteiger partial charge is 0.301 e. The van der Waals surface area contributed by atoms with Gasteiger partial charge in [0.1, 0.15) is 5.69 Å². The van der Waals surface area contributed by atoms with Crippen LogP contribution in [0.4, 0.5) is 17.1 Å². The van der Waals surface area contributed by atoms with Crippen molar-refractivity contribution >= 4 is 23.3 Å². The normalized spacial score (nSPS) is 19.8. The lowest BCUT2D eigenvalue weighted by atomic mass is 9.69. The lowest BCUT2D eigenvalue weighted by Gasteiger charge is -2.35. The number of hydrazone groups is 1. The quantitative estimate of drug-likeness (QED) is 0.374. The number of nitrogens with one attached hydrogen (secondary N) is 1. The topological polar surface area (TPSA) is 111 Å². The molecule has 0 bridgehead atoms. The summed E-state index contributed by atoms with van der Waals surface area (Å²) >= 11 is 0. The fourth-order valence-electron chi connectivity index (χ4n) is 2.95. The summed E-state index contributed by atoms with van der Waals surface area (Å²) < 4.78 is 0. The van der Waals surface area contributed by atoms with Gasteiger partial charge in [0, 0.05) is 18.2 Å². The summed E-state index contributed by atoms with van der Waals surface area (Å²) in [6.07, 6.45) is 6.00. The molecule has 8 heteroatoms. The Morgan fingerprint density at radius 1 is 1.29 bits per heavy atom. The van der Waals surface area contributed by atoms with E-state index >= 15 is 0 Å². The van der Waals surface area contributed by atoms with Gasteiger partial charge in [-0.05, 0) is 31.2 Å². The third-order valence-electron chi connectivity index (χ3n) is 4.38. The van der Waals surface area contributed by atoms with Gasteiger partial charge in [-0.1, -0.05) is 25.5 Å². The average Bonchev–Trinajstić information content (AvgIpc) is 2.49. The number of non-ortho nitro benzene ring substituents is 1. The minimum atomic E-state index is -0.668. The second kappa shape index (κ2) is 6.77. The minimum absolute atomic E-state index is 0.0609. The molecule has 1 atom stereocenters. The van der Waals surface area contributed by atoms with Crippen molar-refractivity contribution in [3.63, 3.8) is 0 Å². The SMILES string of the molecule is CC1=CCCC(C)(C)C1C=NNc1ccc([N+](=O)[O-])cc1[N+](=O)[O-]. The number of anilines is 1. The first-order valence-electron chi connectivity index (χ1n) is 7.61. The number of allylic oxidation sites excluding steroid dienone is 2. The maximum atomic E-state index is 11.1. The molecule has 0 heterocycles. The van der Waals surface area contributed by atoms with E-state index in [-0.39, 0.29) is 28.4 Å². The predicted octanol–water partition coefficient (Wildman–Crippen LogP) is 4.28. The molecule has 1 N–H and O–H groups in total. The molecule has 0 spiro atoms. The van der Waals surface area contributed by atoms with Crippen molar-refractivity contribution < 1.29 is 9.85 Å². The number of benzene rings is 1. The first kappa shape index (κ1) is 17.6. The van der Waals surface area contributed by atoms with E-state index in [1.54, 1.807) is 6.21 Å². The van der Waals surface area contributed by atoms with E-state index in [0.29, 0.717) is 0 Å². The second-order valence-electron chi connectivity index (χ2n) is 6.56. The van der Waals surface area contributed by atoms with Crippen LogP contribution in [0.1, 0.15) is 33.6 Å². The highest BCUT2D eigenvalue weighted by Gasteiger charge is 2.31. The summed E-state index contributed by atoms with van der Waals surface area (Å²) in [5.74, 6) is 0.135. The van der Waals surface area contributed by atoms with Crippen molar-refractivity contribution in [3.8, 4) is 0 Å². The molecule has 1 unspecified atom stereocenters. The Hall–Kier alpha value is -2.77. The molecule has 128 valence electrons. The van der Waals surface area contributed by atoms with Gasteiger partial charge in [-0.15, -0.1) is 0 Å². The molecule has 2 rings (SSSR count). The van der Waals surface area contributed by atoms with Crippen molar-refractivity contribution in [1.29, 1.82) is 0 Å². The zero-order valence-electron chi connectivity index (χ0n) is 13.9. The Morgan fingerprint density at radius 2 is 2.00 bits per heavy atom. The molecule has 24 heavy (non-hydrogen) atoms. The molecule has 0 radical (unpaired) electrons. The molecule has 8 nitrogen and oxygen atoms in total. The van der Waals surface area contributed by atoms with E-state index in [4.69, 9.17) is 0 Å². The molecule has 0 saturated carbocycles. The van der Waals surface area contributed by atoms with Gasteiger partial charge < -0.3 is 0 Å². The van der Waals surface area contributed by atoms with Crippen LogP contribution in [0.15, 0.2) is 34.9 Å². The molecule has 0 aromatic heterocycles. The average molecular weight is 332 g/mol. The number of hydrogen-bond acceptors (Lipinski definition) is 6. The lowest BCUT2D eigenvalue weighted by molar-refractivity contribution is -0.393. The fraction of sp³-hybridized carbons (Fsp3) is 0.438. The maximum absolute atomic E-state index is 11.1. The Kier molecular flexibility index (Phi) is 4.96. The Morgan fingerprint density at radius 3 is 2.58 bits per heavy atom. The molecular formula is C16H20N4O4. The van der Waals surface area contributed by atoms with Gasteiger partial charge in [-0.3, -0.25) is 25.7 Å². The van der Waals surface area contributed by atoms with E-state index in [1.807, 2.05) is 6.92 Å². The third kappa shape index (κ3) is 3.76. The highest BCUT2D eigenvalue weighted by atomic mass is 16.6. The molecule has 1 aliphatic rings.